The molecule has 37 heavy (non-hydrogen) atoms. The van der Waals surface area contributed by atoms with Crippen LogP contribution in [0.1, 0.15) is 21.5 Å². The van der Waals surface area contributed by atoms with Crippen LogP contribution in [-0.2, 0) is 16.0 Å². The molecular formula is C28H27ClN4O4. The number of pyridine rings is 1. The summed E-state index contributed by atoms with van der Waals surface area (Å²) >= 11 is 6.48. The zero-order valence-corrected chi connectivity index (χ0v) is 20.9. The fourth-order valence-corrected chi connectivity index (χ4v) is 4.63. The van der Waals surface area contributed by atoms with E-state index in [0.717, 1.165) is 22.3 Å². The summed E-state index contributed by atoms with van der Waals surface area (Å²) < 4.78 is 11.6. The summed E-state index contributed by atoms with van der Waals surface area (Å²) in [6.45, 7) is 2.67. The Balaban J connectivity index is 1.23. The normalized spacial score (nSPS) is 16.9. The molecule has 3 heterocycles. The van der Waals surface area contributed by atoms with Crippen LogP contribution in [-0.4, -0.2) is 60.7 Å². The predicted molar refractivity (Wildman–Crippen MR) is 142 cm³/mol. The van der Waals surface area contributed by atoms with Gasteiger partial charge in [-0.2, -0.15) is 0 Å². The van der Waals surface area contributed by atoms with Crippen molar-refractivity contribution in [1.29, 1.82) is 0 Å². The number of benzene rings is 2. The van der Waals surface area contributed by atoms with Gasteiger partial charge in [0.15, 0.2) is 0 Å². The van der Waals surface area contributed by atoms with E-state index in [1.807, 2.05) is 41.3 Å². The van der Waals surface area contributed by atoms with E-state index < -0.39 is 0 Å². The molecule has 190 valence electrons. The Morgan fingerprint density at radius 3 is 2.62 bits per heavy atom. The quantitative estimate of drug-likeness (QED) is 0.483. The number of carbonyl (C=O) groups is 2. The third-order valence-electron chi connectivity index (χ3n) is 6.40. The molecule has 2 amide bonds. The molecule has 0 radical (unpaired) electrons. The SMILES string of the molecule is Nc1ccc(/C=C/C(=O)NCC2Cc3c(Cl)ccc(-c4ccc(C(=O)N5CCOCC5)cc4)c3O2)cn1. The Morgan fingerprint density at radius 1 is 1.11 bits per heavy atom. The van der Waals surface area contributed by atoms with Gasteiger partial charge in [-0.15, -0.1) is 0 Å². The number of hydrogen-bond acceptors (Lipinski definition) is 6. The average Bonchev–Trinajstić information content (AvgIpc) is 3.37. The van der Waals surface area contributed by atoms with E-state index in [1.54, 1.807) is 24.4 Å². The monoisotopic (exact) mass is 518 g/mol. The van der Waals surface area contributed by atoms with E-state index in [9.17, 15) is 9.59 Å². The van der Waals surface area contributed by atoms with Gasteiger partial charge in [0.2, 0.25) is 5.91 Å². The Morgan fingerprint density at radius 2 is 1.89 bits per heavy atom. The summed E-state index contributed by atoms with van der Waals surface area (Å²) in [5.74, 6) is 0.908. The number of morpholine rings is 1. The number of fused-ring (bicyclic) bond motifs is 1. The molecule has 2 aliphatic rings. The molecule has 5 rings (SSSR count). The minimum absolute atomic E-state index is 0.00458. The number of halogens is 1. The van der Waals surface area contributed by atoms with Crippen LogP contribution in [0.4, 0.5) is 5.82 Å². The Bertz CT molecular complexity index is 1320. The van der Waals surface area contributed by atoms with Crippen molar-refractivity contribution in [2.24, 2.45) is 0 Å². The minimum Gasteiger partial charge on any atom is -0.487 e. The number of nitrogens with two attached hydrogens (primary N) is 1. The van der Waals surface area contributed by atoms with Gasteiger partial charge in [-0.05, 0) is 53.6 Å². The van der Waals surface area contributed by atoms with Gasteiger partial charge in [-0.25, -0.2) is 4.98 Å². The van der Waals surface area contributed by atoms with Crippen LogP contribution in [0.2, 0.25) is 5.02 Å². The molecular weight excluding hydrogens is 492 g/mol. The van der Waals surface area contributed by atoms with Crippen molar-refractivity contribution in [2.75, 3.05) is 38.6 Å². The van der Waals surface area contributed by atoms with E-state index >= 15 is 0 Å². The van der Waals surface area contributed by atoms with Gasteiger partial charge in [0.05, 0.1) is 19.8 Å². The number of amides is 2. The third kappa shape index (κ3) is 5.76. The fourth-order valence-electron chi connectivity index (χ4n) is 4.41. The summed E-state index contributed by atoms with van der Waals surface area (Å²) in [5, 5.41) is 3.51. The number of rotatable bonds is 6. The number of aromatic nitrogens is 1. The molecule has 9 heteroatoms. The summed E-state index contributed by atoms with van der Waals surface area (Å²) in [6.07, 6.45) is 5.07. The molecule has 2 aliphatic heterocycles. The van der Waals surface area contributed by atoms with E-state index in [1.165, 1.54) is 6.08 Å². The Hall–Kier alpha value is -3.88. The van der Waals surface area contributed by atoms with Crippen LogP contribution in [0.3, 0.4) is 0 Å². The van der Waals surface area contributed by atoms with E-state index in [4.69, 9.17) is 26.8 Å². The number of hydrogen-bond donors (Lipinski definition) is 2. The second-order valence-electron chi connectivity index (χ2n) is 8.92. The van der Waals surface area contributed by atoms with Gasteiger partial charge in [-0.1, -0.05) is 23.7 Å². The maximum absolute atomic E-state index is 12.8. The van der Waals surface area contributed by atoms with Gasteiger partial charge >= 0.3 is 0 Å². The van der Waals surface area contributed by atoms with Crippen molar-refractivity contribution in [3.8, 4) is 16.9 Å². The van der Waals surface area contributed by atoms with Crippen molar-refractivity contribution in [3.63, 3.8) is 0 Å². The number of nitrogen functional groups attached to an aromatic ring is 1. The van der Waals surface area contributed by atoms with E-state index in [0.29, 0.717) is 61.4 Å². The molecule has 1 saturated heterocycles. The molecule has 0 aliphatic carbocycles. The first-order chi connectivity index (χ1) is 18.0. The highest BCUT2D eigenvalue weighted by Crippen LogP contribution is 2.42. The first-order valence-corrected chi connectivity index (χ1v) is 12.5. The maximum Gasteiger partial charge on any atom is 0.254 e. The second kappa shape index (κ2) is 11.0. The van der Waals surface area contributed by atoms with Crippen molar-refractivity contribution < 1.29 is 19.1 Å². The highest BCUT2D eigenvalue weighted by atomic mass is 35.5. The van der Waals surface area contributed by atoms with Crippen LogP contribution in [0.15, 0.2) is 60.8 Å². The largest absolute Gasteiger partial charge is 0.487 e. The highest BCUT2D eigenvalue weighted by Gasteiger charge is 2.28. The van der Waals surface area contributed by atoms with Gasteiger partial charge in [0.1, 0.15) is 17.7 Å². The summed E-state index contributed by atoms with van der Waals surface area (Å²) in [4.78, 5) is 30.9. The molecule has 1 unspecified atom stereocenters. The molecule has 3 N–H and O–H groups in total. The topological polar surface area (TPSA) is 107 Å². The number of ether oxygens (including phenoxy) is 2. The van der Waals surface area contributed by atoms with Crippen molar-refractivity contribution in [2.45, 2.75) is 12.5 Å². The standard InChI is InChI=1S/C28H27ClN4O4/c29-24-8-7-22(19-3-5-20(6-4-19)28(35)33-11-13-36-14-12-33)27-23(24)15-21(37-27)17-32-26(34)10-2-18-1-9-25(30)31-16-18/h1-10,16,21H,11-15,17H2,(H2,30,31)(H,32,34)/b10-2+. The number of carbonyl (C=O) groups excluding carboxylic acids is 2. The second-order valence-corrected chi connectivity index (χ2v) is 9.33. The summed E-state index contributed by atoms with van der Waals surface area (Å²) in [7, 11) is 0. The number of nitrogens with zero attached hydrogens (tertiary/aromatic N) is 2. The minimum atomic E-state index is -0.244. The van der Waals surface area contributed by atoms with Gasteiger partial charge in [-0.3, -0.25) is 9.59 Å². The molecule has 1 aromatic heterocycles. The van der Waals surface area contributed by atoms with E-state index in [-0.39, 0.29) is 17.9 Å². The Kier molecular flexibility index (Phi) is 7.39. The van der Waals surface area contributed by atoms with E-state index in [2.05, 4.69) is 10.3 Å². The lowest BCUT2D eigenvalue weighted by atomic mass is 9.99. The smallest absolute Gasteiger partial charge is 0.254 e. The van der Waals surface area contributed by atoms with Crippen LogP contribution in [0.5, 0.6) is 5.75 Å². The molecule has 0 saturated carbocycles. The van der Waals surface area contributed by atoms with Crippen molar-refractivity contribution in [1.82, 2.24) is 15.2 Å². The zero-order chi connectivity index (χ0) is 25.8. The third-order valence-corrected chi connectivity index (χ3v) is 6.76. The first kappa shape index (κ1) is 24.8. The van der Waals surface area contributed by atoms with Crippen molar-refractivity contribution in [3.05, 3.63) is 82.5 Å². The zero-order valence-electron chi connectivity index (χ0n) is 20.2. The number of nitrogens with one attached hydrogen (secondary N) is 1. The van der Waals surface area contributed by atoms with Crippen LogP contribution >= 0.6 is 11.6 Å². The summed E-state index contributed by atoms with van der Waals surface area (Å²) in [5.41, 5.74) is 9.74. The molecule has 1 fully saturated rings. The molecule has 8 nitrogen and oxygen atoms in total. The highest BCUT2D eigenvalue weighted by molar-refractivity contribution is 6.31. The molecule has 3 aromatic rings. The average molecular weight is 519 g/mol. The van der Waals surface area contributed by atoms with Gasteiger partial charge in [0.25, 0.3) is 5.91 Å². The molecule has 2 aromatic carbocycles. The van der Waals surface area contributed by atoms with Crippen LogP contribution < -0.4 is 15.8 Å². The lowest BCUT2D eigenvalue weighted by Crippen LogP contribution is -2.40. The molecule has 0 bridgehead atoms. The lowest BCUT2D eigenvalue weighted by molar-refractivity contribution is -0.116. The molecule has 1 atom stereocenters. The lowest BCUT2D eigenvalue weighted by Gasteiger charge is -2.26. The molecule has 0 spiro atoms. The van der Waals surface area contributed by atoms with Crippen LogP contribution in [0, 0.1) is 0 Å². The number of anilines is 1. The van der Waals surface area contributed by atoms with Crippen LogP contribution in [0.25, 0.3) is 17.2 Å². The van der Waals surface area contributed by atoms with Gasteiger partial charge in [0, 0.05) is 53.5 Å². The Labute approximate surface area is 220 Å². The summed E-state index contributed by atoms with van der Waals surface area (Å²) in [6, 6.07) is 14.8. The fraction of sp³-hybridized carbons (Fsp3) is 0.250. The van der Waals surface area contributed by atoms with Crippen molar-refractivity contribution >= 4 is 35.3 Å². The maximum atomic E-state index is 12.8. The van der Waals surface area contributed by atoms with Gasteiger partial charge < -0.3 is 25.4 Å². The first-order valence-electron chi connectivity index (χ1n) is 12.1. The predicted octanol–water partition coefficient (Wildman–Crippen LogP) is 3.59.